The number of nitrogens with two attached hydrogens (primary N) is 1. The molecule has 3 heterocycles. The average Bonchev–Trinajstić information content (AvgIpc) is 3.44. The molecule has 44 heavy (non-hydrogen) atoms. The zero-order valence-electron chi connectivity index (χ0n) is 23.3. The van der Waals surface area contributed by atoms with Gasteiger partial charge in [0.1, 0.15) is 18.0 Å². The van der Waals surface area contributed by atoms with Crippen LogP contribution in [-0.4, -0.2) is 76.2 Å². The van der Waals surface area contributed by atoms with Gasteiger partial charge in [0, 0.05) is 11.5 Å². The van der Waals surface area contributed by atoms with E-state index in [1.807, 2.05) is 12.1 Å². The minimum absolute atomic E-state index is 0.0840. The summed E-state index contributed by atoms with van der Waals surface area (Å²) in [4.78, 5) is 50.6. The molecule has 3 aromatic rings. The van der Waals surface area contributed by atoms with Crippen molar-refractivity contribution in [3.63, 3.8) is 0 Å². The number of benzene rings is 2. The Bertz CT molecular complexity index is 1690. The van der Waals surface area contributed by atoms with E-state index < -0.39 is 45.4 Å². The third-order valence-corrected chi connectivity index (χ3v) is 8.55. The Labute approximate surface area is 260 Å². The molecule has 1 saturated heterocycles. The van der Waals surface area contributed by atoms with E-state index in [4.69, 9.17) is 19.5 Å². The Kier molecular flexibility index (Phi) is 9.17. The first-order valence-electron chi connectivity index (χ1n) is 13.1. The minimum atomic E-state index is -4.08. The number of oxime groups is 1. The monoisotopic (exact) mass is 658 g/mol. The zero-order chi connectivity index (χ0) is 31.4. The van der Waals surface area contributed by atoms with Gasteiger partial charge in [-0.05, 0) is 18.1 Å². The van der Waals surface area contributed by atoms with Gasteiger partial charge in [-0.2, -0.15) is 17.8 Å². The molecule has 2 amide bonds. The average molecular weight is 659 g/mol. The molecule has 0 radical (unpaired) electrons. The molecule has 2 aliphatic rings. The molecule has 1 aromatic heterocycles. The van der Waals surface area contributed by atoms with E-state index in [2.05, 4.69) is 19.8 Å². The number of thioether (sulfide) groups is 1. The van der Waals surface area contributed by atoms with E-state index >= 15 is 0 Å². The van der Waals surface area contributed by atoms with E-state index in [-0.39, 0.29) is 40.5 Å². The Morgan fingerprint density at radius 3 is 2.32 bits per heavy atom. The summed E-state index contributed by atoms with van der Waals surface area (Å²) in [6.45, 7) is 1.81. The van der Waals surface area contributed by atoms with Crippen molar-refractivity contribution in [1.82, 2.24) is 19.6 Å². The van der Waals surface area contributed by atoms with Crippen LogP contribution < -0.4 is 11.1 Å². The van der Waals surface area contributed by atoms with E-state index in [9.17, 15) is 22.8 Å². The van der Waals surface area contributed by atoms with Crippen LogP contribution in [0.2, 0.25) is 0 Å². The number of amides is 2. The van der Waals surface area contributed by atoms with Crippen molar-refractivity contribution in [3.8, 4) is 0 Å². The molecule has 5 rings (SSSR count). The largest absolute Gasteiger partial charge is 0.448 e. The van der Waals surface area contributed by atoms with Crippen LogP contribution in [0, 0.1) is 0 Å². The zero-order valence-corrected chi connectivity index (χ0v) is 25.7. The second-order valence-electron chi connectivity index (χ2n) is 9.34. The van der Waals surface area contributed by atoms with Crippen LogP contribution in [0.15, 0.2) is 77.3 Å². The lowest BCUT2D eigenvalue weighted by molar-refractivity contribution is -0.154. The summed E-state index contributed by atoms with van der Waals surface area (Å²) < 4.78 is 39.3. The van der Waals surface area contributed by atoms with Crippen LogP contribution in [-0.2, 0) is 38.3 Å². The summed E-state index contributed by atoms with van der Waals surface area (Å²) in [5.74, 6) is -2.95. The van der Waals surface area contributed by atoms with Crippen LogP contribution in [0.1, 0.15) is 30.0 Å². The van der Waals surface area contributed by atoms with Gasteiger partial charge in [0.2, 0.25) is 11.5 Å². The first kappa shape index (κ1) is 31.0. The van der Waals surface area contributed by atoms with Crippen LogP contribution in [0.25, 0.3) is 0 Å². The highest BCUT2D eigenvalue weighted by atomic mass is 32.2. The van der Waals surface area contributed by atoms with Gasteiger partial charge in [0.15, 0.2) is 22.7 Å². The lowest BCUT2D eigenvalue weighted by Gasteiger charge is -2.49. The normalized spacial score (nSPS) is 18.4. The summed E-state index contributed by atoms with van der Waals surface area (Å²) in [5, 5.41) is 5.67. The first-order valence-corrected chi connectivity index (χ1v) is 16.7. The summed E-state index contributed by atoms with van der Waals surface area (Å²) >= 11 is 1.94. The molecule has 2 aliphatic heterocycles. The van der Waals surface area contributed by atoms with Crippen molar-refractivity contribution in [2.75, 3.05) is 24.3 Å². The maximum atomic E-state index is 13.8. The minimum Gasteiger partial charge on any atom is -0.448 e. The van der Waals surface area contributed by atoms with E-state index in [0.29, 0.717) is 11.1 Å². The molecule has 0 saturated carbocycles. The number of carbonyl (C=O) groups is 3. The quantitative estimate of drug-likeness (QED) is 0.0999. The number of rotatable bonds is 11. The van der Waals surface area contributed by atoms with Crippen LogP contribution in [0.5, 0.6) is 0 Å². The number of anilines is 1. The fourth-order valence-electron chi connectivity index (χ4n) is 4.43. The standard InChI is InChI=1S/C27H26N6O8S3/c1-3-39-31-18(22-30-27(28)43-32-22)23(34)29-19-24(35)33-20(17(14-42-25(19)33)41-44(2,37)38)26(36)40-21(15-10-6-4-7-11-15)16-12-8-5-9-13-16/h4-13,19,21,25H,3,14H2,1-2H3,(H,29,34)(H2,28,30,32)/b31-18+/t19?,25-/m1/s1. The molecule has 14 nitrogen and oxygen atoms in total. The van der Waals surface area contributed by atoms with Crippen LogP contribution in [0.3, 0.4) is 0 Å². The molecule has 0 bridgehead atoms. The third kappa shape index (κ3) is 6.68. The highest BCUT2D eigenvalue weighted by molar-refractivity contribution is 8.00. The van der Waals surface area contributed by atoms with Gasteiger partial charge in [-0.1, -0.05) is 65.8 Å². The van der Waals surface area contributed by atoms with Gasteiger partial charge in [0.05, 0.1) is 12.0 Å². The fourth-order valence-corrected chi connectivity index (χ4v) is 6.69. The van der Waals surface area contributed by atoms with Gasteiger partial charge in [0.25, 0.3) is 11.8 Å². The number of esters is 1. The number of β-lactam (4-membered cyclic amide) rings is 1. The van der Waals surface area contributed by atoms with Crippen molar-refractivity contribution < 1.29 is 36.6 Å². The molecule has 2 atom stereocenters. The first-order chi connectivity index (χ1) is 21.1. The molecular weight excluding hydrogens is 633 g/mol. The summed E-state index contributed by atoms with van der Waals surface area (Å²) in [6.07, 6.45) is -0.0530. The highest BCUT2D eigenvalue weighted by Crippen LogP contribution is 2.42. The Morgan fingerprint density at radius 2 is 1.77 bits per heavy atom. The second kappa shape index (κ2) is 13.0. The van der Waals surface area contributed by atoms with Gasteiger partial charge in [-0.3, -0.25) is 14.5 Å². The summed E-state index contributed by atoms with van der Waals surface area (Å²) in [5.41, 5.74) is 6.29. The molecule has 17 heteroatoms. The molecule has 0 aliphatic carbocycles. The summed E-state index contributed by atoms with van der Waals surface area (Å²) in [7, 11) is -4.08. The molecule has 3 N–H and O–H groups in total. The van der Waals surface area contributed by atoms with Gasteiger partial charge in [-0.25, -0.2) is 4.79 Å². The second-order valence-corrected chi connectivity index (χ2v) is 12.8. The molecule has 1 unspecified atom stereocenters. The van der Waals surface area contributed by atoms with E-state index in [0.717, 1.165) is 34.5 Å². The van der Waals surface area contributed by atoms with Gasteiger partial charge in [-0.15, -0.1) is 11.8 Å². The SMILES string of the molecule is CCO/N=C(/C(=O)NC1C(=O)N2C(C(=O)OC(c3ccccc3)c3ccccc3)=C(OS(C)(=O)=O)CS[C@H]12)c1nsc(N)n1. The fraction of sp³-hybridized carbons (Fsp3) is 0.259. The number of nitrogens with zero attached hydrogens (tertiary/aromatic N) is 4. The van der Waals surface area contributed by atoms with Crippen LogP contribution >= 0.6 is 23.3 Å². The van der Waals surface area contributed by atoms with Crippen molar-refractivity contribution in [2.24, 2.45) is 5.16 Å². The van der Waals surface area contributed by atoms with E-state index in [1.54, 1.807) is 55.5 Å². The Hall–Kier alpha value is -4.48. The topological polar surface area (TPSA) is 192 Å². The number of fused-ring (bicyclic) bond motifs is 1. The summed E-state index contributed by atoms with van der Waals surface area (Å²) in [6, 6.07) is 16.8. The number of hydrogen-bond acceptors (Lipinski definition) is 14. The Morgan fingerprint density at radius 1 is 1.14 bits per heavy atom. The number of ether oxygens (including phenoxy) is 1. The van der Waals surface area contributed by atoms with E-state index in [1.165, 1.54) is 0 Å². The number of aromatic nitrogens is 2. The maximum absolute atomic E-state index is 13.8. The third-order valence-electron chi connectivity index (χ3n) is 6.25. The predicted molar refractivity (Wildman–Crippen MR) is 161 cm³/mol. The maximum Gasteiger partial charge on any atom is 0.359 e. The van der Waals surface area contributed by atoms with Crippen molar-refractivity contribution >= 4 is 62.0 Å². The van der Waals surface area contributed by atoms with Gasteiger partial charge >= 0.3 is 16.1 Å². The number of hydrogen-bond donors (Lipinski definition) is 2. The van der Waals surface area contributed by atoms with Crippen LogP contribution in [0.4, 0.5) is 5.13 Å². The molecule has 1 fully saturated rings. The molecular formula is C27H26N6O8S3. The lowest BCUT2D eigenvalue weighted by atomic mass is 10.0. The van der Waals surface area contributed by atoms with Crippen molar-refractivity contribution in [2.45, 2.75) is 24.4 Å². The Balaban J connectivity index is 1.43. The number of nitrogens with one attached hydrogen (secondary N) is 1. The number of carbonyl (C=O) groups excluding carboxylic acids is 3. The molecule has 0 spiro atoms. The predicted octanol–water partition coefficient (Wildman–Crippen LogP) is 1.78. The lowest BCUT2D eigenvalue weighted by Crippen LogP contribution is -2.71. The number of nitrogen functional groups attached to an aromatic ring is 1. The van der Waals surface area contributed by atoms with Gasteiger partial charge < -0.3 is 24.8 Å². The molecule has 2 aromatic carbocycles. The van der Waals surface area contributed by atoms with Crippen molar-refractivity contribution in [3.05, 3.63) is 89.1 Å². The van der Waals surface area contributed by atoms with Crippen molar-refractivity contribution in [1.29, 1.82) is 0 Å². The highest BCUT2D eigenvalue weighted by Gasteiger charge is 2.56. The smallest absolute Gasteiger partial charge is 0.359 e. The molecule has 230 valence electrons.